The van der Waals surface area contributed by atoms with Gasteiger partial charge in [-0.15, -0.1) is 0 Å². The van der Waals surface area contributed by atoms with Crippen molar-refractivity contribution in [2.75, 3.05) is 20.2 Å². The van der Waals surface area contributed by atoms with Crippen LogP contribution in [0.2, 0.25) is 0 Å². The summed E-state index contributed by atoms with van der Waals surface area (Å²) in [5, 5.41) is 32.3. The topological polar surface area (TPSA) is 133 Å². The predicted molar refractivity (Wildman–Crippen MR) is 93.0 cm³/mol. The lowest BCUT2D eigenvalue weighted by atomic mass is 10.00. The molecule has 26 heavy (non-hydrogen) atoms. The highest BCUT2D eigenvalue weighted by Gasteiger charge is 2.26. The highest BCUT2D eigenvalue weighted by atomic mass is 16.5. The number of rotatable bonds is 8. The van der Waals surface area contributed by atoms with Gasteiger partial charge in [0, 0.05) is 12.8 Å². The van der Waals surface area contributed by atoms with Gasteiger partial charge in [-0.1, -0.05) is 6.07 Å². The third-order valence-corrected chi connectivity index (χ3v) is 4.06. The van der Waals surface area contributed by atoms with E-state index in [1.807, 2.05) is 17.5 Å². The van der Waals surface area contributed by atoms with Crippen LogP contribution in [0.4, 0.5) is 0 Å². The number of aliphatic carboxylic acids is 2. The molecule has 0 saturated carbocycles. The van der Waals surface area contributed by atoms with Crippen molar-refractivity contribution in [2.24, 2.45) is 0 Å². The van der Waals surface area contributed by atoms with Gasteiger partial charge in [0.2, 0.25) is 0 Å². The van der Waals surface area contributed by atoms with Crippen molar-refractivity contribution >= 4 is 11.9 Å². The van der Waals surface area contributed by atoms with E-state index in [1.165, 1.54) is 13.2 Å². The number of phenolic OH excluding ortho intramolecular Hbond substituents is 1. The summed E-state index contributed by atoms with van der Waals surface area (Å²) in [5.41, 5.74) is 1.62. The van der Waals surface area contributed by atoms with Crippen LogP contribution in [0.1, 0.15) is 12.0 Å². The third kappa shape index (κ3) is 5.25. The van der Waals surface area contributed by atoms with Crippen LogP contribution in [0.5, 0.6) is 11.5 Å². The molecule has 0 aromatic heterocycles. The normalized spacial score (nSPS) is 18.1. The number of carbonyl (C=O) groups is 2. The number of phenols is 1. The number of carboxylic acid groups (broad SMARTS) is 2. The Labute approximate surface area is 150 Å². The molecule has 1 aliphatic rings. The van der Waals surface area contributed by atoms with Crippen molar-refractivity contribution in [3.63, 3.8) is 0 Å². The van der Waals surface area contributed by atoms with E-state index < -0.39 is 18.0 Å². The molecule has 6 N–H and O–H groups in total. The van der Waals surface area contributed by atoms with Gasteiger partial charge >= 0.3 is 11.9 Å². The van der Waals surface area contributed by atoms with E-state index in [0.29, 0.717) is 17.9 Å². The maximum absolute atomic E-state index is 11.1. The SMILES string of the molecule is COc1cc(CC[NH2+]C/C=C2/C=C(C(=O)O)N[C@H](C(=O)O)C2)ccc1O. The van der Waals surface area contributed by atoms with Crippen molar-refractivity contribution in [1.29, 1.82) is 0 Å². The van der Waals surface area contributed by atoms with Gasteiger partial charge in [-0.05, 0) is 35.4 Å². The van der Waals surface area contributed by atoms with E-state index in [9.17, 15) is 14.7 Å². The van der Waals surface area contributed by atoms with Crippen LogP contribution in [-0.4, -0.2) is 53.5 Å². The van der Waals surface area contributed by atoms with E-state index in [4.69, 9.17) is 14.9 Å². The lowest BCUT2D eigenvalue weighted by molar-refractivity contribution is -0.645. The summed E-state index contributed by atoms with van der Waals surface area (Å²) in [7, 11) is 1.50. The molecule has 1 aromatic carbocycles. The Balaban J connectivity index is 1.88. The monoisotopic (exact) mass is 363 g/mol. The number of carboxylic acids is 2. The van der Waals surface area contributed by atoms with Crippen molar-refractivity contribution in [3.05, 3.63) is 47.2 Å². The largest absolute Gasteiger partial charge is 0.504 e. The highest BCUT2D eigenvalue weighted by Crippen LogP contribution is 2.26. The van der Waals surface area contributed by atoms with Crippen LogP contribution in [0.15, 0.2) is 41.6 Å². The number of methoxy groups -OCH3 is 1. The number of ether oxygens (including phenoxy) is 1. The summed E-state index contributed by atoms with van der Waals surface area (Å²) >= 11 is 0. The first-order valence-electron chi connectivity index (χ1n) is 8.21. The van der Waals surface area contributed by atoms with E-state index in [2.05, 4.69) is 5.32 Å². The Kier molecular flexibility index (Phi) is 6.62. The molecule has 1 aromatic rings. The highest BCUT2D eigenvalue weighted by molar-refractivity contribution is 5.89. The van der Waals surface area contributed by atoms with Crippen molar-refractivity contribution in [3.8, 4) is 11.5 Å². The first kappa shape index (κ1) is 19.3. The summed E-state index contributed by atoms with van der Waals surface area (Å²) < 4.78 is 5.07. The molecule has 2 rings (SSSR count). The van der Waals surface area contributed by atoms with Crippen molar-refractivity contribution < 1.29 is 35.0 Å². The fourth-order valence-corrected chi connectivity index (χ4v) is 2.67. The number of hydrogen-bond acceptors (Lipinski definition) is 5. The molecule has 8 heteroatoms. The van der Waals surface area contributed by atoms with Crippen molar-refractivity contribution in [1.82, 2.24) is 5.32 Å². The van der Waals surface area contributed by atoms with Crippen LogP contribution < -0.4 is 15.4 Å². The second-order valence-electron chi connectivity index (χ2n) is 5.95. The summed E-state index contributed by atoms with van der Waals surface area (Å²) in [5.74, 6) is -1.71. The number of nitrogens with one attached hydrogen (secondary N) is 1. The Morgan fingerprint density at radius 2 is 2.15 bits per heavy atom. The maximum Gasteiger partial charge on any atom is 0.351 e. The fourth-order valence-electron chi connectivity index (χ4n) is 2.67. The van der Waals surface area contributed by atoms with Crippen LogP contribution in [0.3, 0.4) is 0 Å². The zero-order valence-electron chi connectivity index (χ0n) is 14.4. The fraction of sp³-hybridized carbons (Fsp3) is 0.333. The number of aromatic hydroxyl groups is 1. The van der Waals surface area contributed by atoms with E-state index in [0.717, 1.165) is 18.5 Å². The van der Waals surface area contributed by atoms with Crippen LogP contribution in [0.25, 0.3) is 0 Å². The van der Waals surface area contributed by atoms with Gasteiger partial charge in [-0.25, -0.2) is 9.59 Å². The van der Waals surface area contributed by atoms with Gasteiger partial charge in [-0.2, -0.15) is 0 Å². The summed E-state index contributed by atoms with van der Waals surface area (Å²) in [6.45, 7) is 1.40. The summed E-state index contributed by atoms with van der Waals surface area (Å²) in [6, 6.07) is 4.28. The molecular weight excluding hydrogens is 340 g/mol. The number of benzene rings is 1. The van der Waals surface area contributed by atoms with Gasteiger partial charge in [0.25, 0.3) is 0 Å². The van der Waals surface area contributed by atoms with E-state index in [-0.39, 0.29) is 17.9 Å². The van der Waals surface area contributed by atoms with Crippen LogP contribution in [0, 0.1) is 0 Å². The van der Waals surface area contributed by atoms with E-state index in [1.54, 1.807) is 12.1 Å². The smallest absolute Gasteiger partial charge is 0.351 e. The van der Waals surface area contributed by atoms with Crippen molar-refractivity contribution in [2.45, 2.75) is 18.9 Å². The summed E-state index contributed by atoms with van der Waals surface area (Å²) in [6.07, 6.45) is 4.34. The Morgan fingerprint density at radius 3 is 2.81 bits per heavy atom. The molecule has 0 fully saturated rings. The van der Waals surface area contributed by atoms with Crippen LogP contribution >= 0.6 is 0 Å². The second-order valence-corrected chi connectivity index (χ2v) is 5.95. The van der Waals surface area contributed by atoms with Gasteiger partial charge in [0.1, 0.15) is 11.7 Å². The molecule has 0 bridgehead atoms. The van der Waals surface area contributed by atoms with Crippen LogP contribution in [-0.2, 0) is 16.0 Å². The standard InChI is InChI=1S/C18H22N2O6/c1-26-16-10-11(2-3-15(16)21)4-6-19-7-5-12-8-13(17(22)23)20-14(9-12)18(24)25/h2-3,5,8,10,14,19-21H,4,6-7,9H2,1H3,(H,22,23)(H,24,25)/p+1/b12-5-/t14-/m0/s1. The Morgan fingerprint density at radius 1 is 1.38 bits per heavy atom. The molecular formula is C18H23N2O6+. The van der Waals surface area contributed by atoms with Gasteiger partial charge in [0.05, 0.1) is 20.2 Å². The number of nitrogens with two attached hydrogens (primary N) is 1. The second kappa shape index (κ2) is 8.91. The lowest BCUT2D eigenvalue weighted by Gasteiger charge is -2.21. The van der Waals surface area contributed by atoms with Gasteiger partial charge < -0.3 is 30.7 Å². The quantitative estimate of drug-likeness (QED) is 0.406. The van der Waals surface area contributed by atoms with E-state index >= 15 is 0 Å². The number of hydrogen-bond donors (Lipinski definition) is 5. The molecule has 0 aliphatic carbocycles. The number of quaternary nitrogens is 1. The first-order valence-corrected chi connectivity index (χ1v) is 8.21. The Hall–Kier alpha value is -3.00. The predicted octanol–water partition coefficient (Wildman–Crippen LogP) is -0.152. The molecule has 0 saturated heterocycles. The van der Waals surface area contributed by atoms with Gasteiger partial charge in [-0.3, -0.25) is 0 Å². The molecule has 1 aliphatic heterocycles. The lowest BCUT2D eigenvalue weighted by Crippen LogP contribution is -2.84. The maximum atomic E-state index is 11.1. The first-order chi connectivity index (χ1) is 12.4. The minimum Gasteiger partial charge on any atom is -0.504 e. The molecule has 1 atom stereocenters. The molecule has 0 spiro atoms. The van der Waals surface area contributed by atoms with Gasteiger partial charge in [0.15, 0.2) is 11.5 Å². The molecule has 140 valence electrons. The molecule has 0 amide bonds. The zero-order chi connectivity index (χ0) is 19.1. The minimum atomic E-state index is -1.17. The molecule has 8 nitrogen and oxygen atoms in total. The average molecular weight is 363 g/mol. The molecule has 1 heterocycles. The number of allylic oxidation sites excluding steroid dienone is 1. The minimum absolute atomic E-state index is 0.102. The Bertz CT molecular complexity index is 741. The third-order valence-electron chi connectivity index (χ3n) is 4.06. The average Bonchev–Trinajstić information content (AvgIpc) is 2.62. The zero-order valence-corrected chi connectivity index (χ0v) is 14.4. The molecule has 0 radical (unpaired) electrons. The molecule has 0 unspecified atom stereocenters. The summed E-state index contributed by atoms with van der Waals surface area (Å²) in [4.78, 5) is 22.2.